The number of nitrogens with zero attached hydrogens (tertiary/aromatic N) is 4. The third kappa shape index (κ3) is 3.28. The highest BCUT2D eigenvalue weighted by molar-refractivity contribution is 7.18. The Labute approximate surface area is 146 Å². The molecule has 1 aliphatic heterocycles. The van der Waals surface area contributed by atoms with Gasteiger partial charge in [-0.05, 0) is 25.0 Å². The van der Waals surface area contributed by atoms with Gasteiger partial charge in [0.1, 0.15) is 17.0 Å². The average molecular weight is 338 g/mol. The SMILES string of the molecule is Cc1cc2c(N3CCCN(Cc4ccccc4)CC3)ncnc2s1. The van der Waals surface area contributed by atoms with Crippen LogP contribution >= 0.6 is 11.3 Å². The second kappa shape index (κ2) is 6.87. The summed E-state index contributed by atoms with van der Waals surface area (Å²) in [5, 5.41) is 1.21. The molecule has 0 amide bonds. The van der Waals surface area contributed by atoms with Crippen molar-refractivity contribution in [2.24, 2.45) is 0 Å². The van der Waals surface area contributed by atoms with Gasteiger partial charge in [0.25, 0.3) is 0 Å². The second-order valence-corrected chi connectivity index (χ2v) is 7.61. The molecule has 3 heterocycles. The lowest BCUT2D eigenvalue weighted by Crippen LogP contribution is -2.31. The Balaban J connectivity index is 1.50. The Morgan fingerprint density at radius 1 is 1.04 bits per heavy atom. The number of aryl methyl sites for hydroxylation is 1. The minimum atomic E-state index is 1.02. The summed E-state index contributed by atoms with van der Waals surface area (Å²) < 4.78 is 0. The molecule has 2 aromatic heterocycles. The van der Waals surface area contributed by atoms with E-state index in [2.05, 4.69) is 63.1 Å². The van der Waals surface area contributed by atoms with Crippen molar-refractivity contribution in [2.75, 3.05) is 31.1 Å². The molecule has 0 bridgehead atoms. The van der Waals surface area contributed by atoms with Gasteiger partial charge >= 0.3 is 0 Å². The quantitative estimate of drug-likeness (QED) is 0.729. The summed E-state index contributed by atoms with van der Waals surface area (Å²) in [5.74, 6) is 1.10. The van der Waals surface area contributed by atoms with E-state index in [-0.39, 0.29) is 0 Å². The molecular formula is C19H22N4S. The predicted octanol–water partition coefficient (Wildman–Crippen LogP) is 3.71. The molecule has 1 saturated heterocycles. The van der Waals surface area contributed by atoms with Crippen LogP contribution in [0.15, 0.2) is 42.7 Å². The van der Waals surface area contributed by atoms with E-state index in [1.54, 1.807) is 17.7 Å². The first-order valence-corrected chi connectivity index (χ1v) is 9.33. The molecule has 0 aliphatic carbocycles. The first-order chi connectivity index (χ1) is 11.8. The fourth-order valence-electron chi connectivity index (χ4n) is 3.40. The fraction of sp³-hybridized carbons (Fsp3) is 0.368. The number of anilines is 1. The number of benzene rings is 1. The number of thiophene rings is 1. The summed E-state index contributed by atoms with van der Waals surface area (Å²) in [7, 11) is 0. The molecule has 0 N–H and O–H groups in total. The monoisotopic (exact) mass is 338 g/mol. The molecule has 0 saturated carbocycles. The average Bonchev–Trinajstić information content (AvgIpc) is 2.83. The second-order valence-electron chi connectivity index (χ2n) is 6.38. The highest BCUT2D eigenvalue weighted by atomic mass is 32.1. The topological polar surface area (TPSA) is 32.3 Å². The Bertz CT molecular complexity index is 815. The van der Waals surface area contributed by atoms with E-state index < -0.39 is 0 Å². The predicted molar refractivity (Wildman–Crippen MR) is 101 cm³/mol. The van der Waals surface area contributed by atoms with Gasteiger partial charge in [-0.25, -0.2) is 9.97 Å². The van der Waals surface area contributed by atoms with Crippen LogP contribution in [0.2, 0.25) is 0 Å². The van der Waals surface area contributed by atoms with E-state index in [1.807, 2.05) is 0 Å². The van der Waals surface area contributed by atoms with E-state index in [0.29, 0.717) is 0 Å². The maximum absolute atomic E-state index is 4.60. The zero-order chi connectivity index (χ0) is 16.4. The molecular weight excluding hydrogens is 316 g/mol. The van der Waals surface area contributed by atoms with Gasteiger partial charge in [-0.3, -0.25) is 4.90 Å². The van der Waals surface area contributed by atoms with Crippen LogP contribution < -0.4 is 4.90 Å². The van der Waals surface area contributed by atoms with Gasteiger partial charge in [0.2, 0.25) is 0 Å². The number of rotatable bonds is 3. The van der Waals surface area contributed by atoms with E-state index >= 15 is 0 Å². The Morgan fingerprint density at radius 2 is 1.92 bits per heavy atom. The number of hydrogen-bond donors (Lipinski definition) is 0. The number of fused-ring (bicyclic) bond motifs is 1. The van der Waals surface area contributed by atoms with Crippen LogP contribution in [0.4, 0.5) is 5.82 Å². The number of aromatic nitrogens is 2. The molecule has 124 valence electrons. The van der Waals surface area contributed by atoms with E-state index in [4.69, 9.17) is 0 Å². The molecule has 0 radical (unpaired) electrons. The van der Waals surface area contributed by atoms with Crippen LogP contribution in [0.1, 0.15) is 16.9 Å². The van der Waals surface area contributed by atoms with Crippen molar-refractivity contribution in [1.82, 2.24) is 14.9 Å². The van der Waals surface area contributed by atoms with Crippen molar-refractivity contribution in [3.63, 3.8) is 0 Å². The first kappa shape index (κ1) is 15.5. The maximum Gasteiger partial charge on any atom is 0.140 e. The molecule has 1 aromatic carbocycles. The molecule has 0 atom stereocenters. The van der Waals surface area contributed by atoms with Gasteiger partial charge < -0.3 is 4.90 Å². The minimum absolute atomic E-state index is 1.02. The highest BCUT2D eigenvalue weighted by Crippen LogP contribution is 2.30. The molecule has 1 aliphatic rings. The van der Waals surface area contributed by atoms with Crippen LogP contribution in [0, 0.1) is 6.92 Å². The first-order valence-electron chi connectivity index (χ1n) is 8.52. The number of hydrogen-bond acceptors (Lipinski definition) is 5. The lowest BCUT2D eigenvalue weighted by molar-refractivity contribution is 0.285. The summed E-state index contributed by atoms with van der Waals surface area (Å²) >= 11 is 1.75. The molecule has 5 heteroatoms. The minimum Gasteiger partial charge on any atom is -0.355 e. The van der Waals surface area contributed by atoms with Crippen molar-refractivity contribution in [3.05, 3.63) is 53.2 Å². The van der Waals surface area contributed by atoms with Gasteiger partial charge in [0.05, 0.1) is 5.39 Å². The van der Waals surface area contributed by atoms with Crippen LogP contribution in [-0.4, -0.2) is 41.0 Å². The summed E-state index contributed by atoms with van der Waals surface area (Å²) in [6.07, 6.45) is 2.88. The van der Waals surface area contributed by atoms with Gasteiger partial charge in [-0.15, -0.1) is 11.3 Å². The normalized spacial score (nSPS) is 16.5. The highest BCUT2D eigenvalue weighted by Gasteiger charge is 2.19. The Hall–Kier alpha value is -1.98. The fourth-order valence-corrected chi connectivity index (χ4v) is 4.24. The molecule has 24 heavy (non-hydrogen) atoms. The van der Waals surface area contributed by atoms with Crippen LogP contribution in [-0.2, 0) is 6.54 Å². The van der Waals surface area contributed by atoms with Crippen molar-refractivity contribution >= 4 is 27.4 Å². The lowest BCUT2D eigenvalue weighted by atomic mass is 10.2. The van der Waals surface area contributed by atoms with E-state index in [1.165, 1.54) is 22.2 Å². The standard InChI is InChI=1S/C19H22N4S/c1-15-12-17-18(20-14-21-19(17)24-15)23-9-5-8-22(10-11-23)13-16-6-3-2-4-7-16/h2-4,6-7,12,14H,5,8-11,13H2,1H3. The van der Waals surface area contributed by atoms with E-state index in [0.717, 1.165) is 43.4 Å². The summed E-state index contributed by atoms with van der Waals surface area (Å²) in [4.78, 5) is 16.4. The van der Waals surface area contributed by atoms with Gasteiger partial charge in [0, 0.05) is 37.6 Å². The van der Waals surface area contributed by atoms with Gasteiger partial charge in [-0.2, -0.15) is 0 Å². The third-order valence-corrected chi connectivity index (χ3v) is 5.53. The molecule has 4 nitrogen and oxygen atoms in total. The summed E-state index contributed by atoms with van der Waals surface area (Å²) in [5.41, 5.74) is 1.39. The molecule has 1 fully saturated rings. The van der Waals surface area contributed by atoms with E-state index in [9.17, 15) is 0 Å². The lowest BCUT2D eigenvalue weighted by Gasteiger charge is -2.23. The maximum atomic E-state index is 4.60. The van der Waals surface area contributed by atoms with Crippen LogP contribution in [0.3, 0.4) is 0 Å². The molecule has 0 unspecified atom stereocenters. The van der Waals surface area contributed by atoms with Crippen molar-refractivity contribution in [2.45, 2.75) is 19.9 Å². The van der Waals surface area contributed by atoms with Gasteiger partial charge in [0.15, 0.2) is 0 Å². The van der Waals surface area contributed by atoms with Crippen molar-refractivity contribution in [1.29, 1.82) is 0 Å². The van der Waals surface area contributed by atoms with Crippen molar-refractivity contribution in [3.8, 4) is 0 Å². The Kier molecular flexibility index (Phi) is 4.45. The summed E-state index contributed by atoms with van der Waals surface area (Å²) in [6.45, 7) is 7.47. The third-order valence-electron chi connectivity index (χ3n) is 4.57. The molecule has 3 aromatic rings. The van der Waals surface area contributed by atoms with Crippen LogP contribution in [0.25, 0.3) is 10.2 Å². The van der Waals surface area contributed by atoms with Crippen molar-refractivity contribution < 1.29 is 0 Å². The smallest absolute Gasteiger partial charge is 0.140 e. The molecule has 0 spiro atoms. The zero-order valence-electron chi connectivity index (χ0n) is 14.0. The summed E-state index contributed by atoms with van der Waals surface area (Å²) in [6, 6.07) is 13.0. The zero-order valence-corrected chi connectivity index (χ0v) is 14.8. The van der Waals surface area contributed by atoms with Gasteiger partial charge in [-0.1, -0.05) is 30.3 Å². The largest absolute Gasteiger partial charge is 0.355 e. The Morgan fingerprint density at radius 3 is 2.79 bits per heavy atom. The molecule has 4 rings (SSSR count). The van der Waals surface area contributed by atoms with Crippen LogP contribution in [0.5, 0.6) is 0 Å².